The van der Waals surface area contributed by atoms with E-state index in [-0.39, 0.29) is 28.8 Å². The molecule has 0 bridgehead atoms. The van der Waals surface area contributed by atoms with Crippen molar-refractivity contribution in [2.45, 2.75) is 25.8 Å². The normalized spacial score (nSPS) is 22.0. The van der Waals surface area contributed by atoms with E-state index in [4.69, 9.17) is 16.9 Å². The lowest BCUT2D eigenvalue weighted by Gasteiger charge is -2.40. The lowest BCUT2D eigenvalue weighted by Crippen LogP contribution is -2.54. The molecule has 1 saturated carbocycles. The molecule has 6 nitrogen and oxygen atoms in total. The maximum atomic E-state index is 12.2. The van der Waals surface area contributed by atoms with Crippen LogP contribution in [0.15, 0.2) is 6.07 Å². The lowest BCUT2D eigenvalue weighted by atomic mass is 10.1. The number of aromatic nitrogens is 2. The van der Waals surface area contributed by atoms with Gasteiger partial charge in [0.15, 0.2) is 0 Å². The van der Waals surface area contributed by atoms with Gasteiger partial charge in [0.25, 0.3) is 0 Å². The van der Waals surface area contributed by atoms with E-state index in [1.54, 1.807) is 6.07 Å². The monoisotopic (exact) mass is 305 g/mol. The van der Waals surface area contributed by atoms with Crippen LogP contribution in [0.2, 0.25) is 5.28 Å². The highest BCUT2D eigenvalue weighted by Crippen LogP contribution is 2.32. The zero-order valence-electron chi connectivity index (χ0n) is 11.8. The molecule has 1 saturated heterocycles. The second-order valence-electron chi connectivity index (χ2n) is 5.59. The summed E-state index contributed by atoms with van der Waals surface area (Å²) in [6.07, 6.45) is 2.05. The molecule has 1 atom stereocenters. The molecule has 3 rings (SSSR count). The molecule has 1 aliphatic heterocycles. The van der Waals surface area contributed by atoms with E-state index in [9.17, 15) is 4.79 Å². The maximum absolute atomic E-state index is 12.2. The standard InChI is InChI=1S/C14H16ClN5O/c1-9-8-19(4-5-20(9)13(21)10-2-3-10)12-6-11(7-16)17-14(15)18-12/h6,9-10H,2-5,8H2,1H3/t9-/m1/s1. The molecule has 1 amide bonds. The molecule has 110 valence electrons. The number of halogens is 1. The van der Waals surface area contributed by atoms with E-state index in [2.05, 4.69) is 14.9 Å². The SMILES string of the molecule is C[C@@H]1CN(c2cc(C#N)nc(Cl)n2)CCN1C(=O)C1CC1. The first-order valence-electron chi connectivity index (χ1n) is 7.08. The summed E-state index contributed by atoms with van der Waals surface area (Å²) < 4.78 is 0. The van der Waals surface area contributed by atoms with Crippen LogP contribution in [-0.2, 0) is 4.79 Å². The molecule has 1 aromatic rings. The van der Waals surface area contributed by atoms with Crippen LogP contribution in [0, 0.1) is 17.2 Å². The first-order valence-corrected chi connectivity index (χ1v) is 7.46. The topological polar surface area (TPSA) is 73.1 Å². The van der Waals surface area contributed by atoms with Gasteiger partial charge in [0.1, 0.15) is 17.6 Å². The van der Waals surface area contributed by atoms with Crippen molar-refractivity contribution in [3.63, 3.8) is 0 Å². The minimum Gasteiger partial charge on any atom is -0.353 e. The van der Waals surface area contributed by atoms with Crippen LogP contribution < -0.4 is 4.90 Å². The molecule has 1 aromatic heterocycles. The number of carbonyl (C=O) groups excluding carboxylic acids is 1. The first kappa shape index (κ1) is 14.1. The van der Waals surface area contributed by atoms with E-state index in [0.29, 0.717) is 25.5 Å². The van der Waals surface area contributed by atoms with Crippen LogP contribution in [0.3, 0.4) is 0 Å². The number of hydrogen-bond acceptors (Lipinski definition) is 5. The second-order valence-corrected chi connectivity index (χ2v) is 5.93. The third-order valence-corrected chi connectivity index (χ3v) is 4.13. The van der Waals surface area contributed by atoms with Crippen molar-refractivity contribution in [2.24, 2.45) is 5.92 Å². The summed E-state index contributed by atoms with van der Waals surface area (Å²) in [6, 6.07) is 3.75. The summed E-state index contributed by atoms with van der Waals surface area (Å²) in [4.78, 5) is 24.2. The Kier molecular flexibility index (Phi) is 3.68. The Morgan fingerprint density at radius 1 is 1.43 bits per heavy atom. The predicted molar refractivity (Wildman–Crippen MR) is 77.9 cm³/mol. The van der Waals surface area contributed by atoms with E-state index in [0.717, 1.165) is 12.8 Å². The molecule has 2 heterocycles. The van der Waals surface area contributed by atoms with Gasteiger partial charge in [-0.2, -0.15) is 5.26 Å². The van der Waals surface area contributed by atoms with Gasteiger partial charge in [-0.05, 0) is 31.4 Å². The lowest BCUT2D eigenvalue weighted by molar-refractivity contribution is -0.134. The Bertz CT molecular complexity index is 610. The van der Waals surface area contributed by atoms with Crippen molar-refractivity contribution in [3.8, 4) is 6.07 Å². The van der Waals surface area contributed by atoms with Crippen LogP contribution in [-0.4, -0.2) is 46.5 Å². The van der Waals surface area contributed by atoms with Crippen molar-refractivity contribution in [3.05, 3.63) is 17.0 Å². The molecule has 2 fully saturated rings. The minimum absolute atomic E-state index is 0.0770. The van der Waals surface area contributed by atoms with Gasteiger partial charge in [-0.15, -0.1) is 0 Å². The molecule has 7 heteroatoms. The van der Waals surface area contributed by atoms with Crippen molar-refractivity contribution in [1.82, 2.24) is 14.9 Å². The van der Waals surface area contributed by atoms with Gasteiger partial charge < -0.3 is 9.80 Å². The summed E-state index contributed by atoms with van der Waals surface area (Å²) in [7, 11) is 0. The third-order valence-electron chi connectivity index (χ3n) is 3.96. The van der Waals surface area contributed by atoms with Gasteiger partial charge >= 0.3 is 0 Å². The smallest absolute Gasteiger partial charge is 0.226 e. The molecule has 0 spiro atoms. The van der Waals surface area contributed by atoms with Gasteiger partial charge in [0.2, 0.25) is 11.2 Å². The van der Waals surface area contributed by atoms with Crippen molar-refractivity contribution >= 4 is 23.3 Å². The molecule has 1 aliphatic carbocycles. The van der Waals surface area contributed by atoms with Gasteiger partial charge in [0, 0.05) is 37.7 Å². The Labute approximate surface area is 128 Å². The second kappa shape index (κ2) is 5.49. The van der Waals surface area contributed by atoms with Gasteiger partial charge in [-0.25, -0.2) is 9.97 Å². The molecule has 21 heavy (non-hydrogen) atoms. The summed E-state index contributed by atoms with van der Waals surface area (Å²) in [5.41, 5.74) is 0.258. The number of piperazine rings is 1. The maximum Gasteiger partial charge on any atom is 0.226 e. The summed E-state index contributed by atoms with van der Waals surface area (Å²) in [6.45, 7) is 4.11. The zero-order chi connectivity index (χ0) is 15.0. The summed E-state index contributed by atoms with van der Waals surface area (Å²) in [5, 5.41) is 9.03. The fourth-order valence-corrected chi connectivity index (χ4v) is 2.86. The Hall–Kier alpha value is -1.87. The molecular formula is C14H16ClN5O. The van der Waals surface area contributed by atoms with Crippen molar-refractivity contribution in [1.29, 1.82) is 5.26 Å². The van der Waals surface area contributed by atoms with Crippen LogP contribution in [0.1, 0.15) is 25.5 Å². The minimum atomic E-state index is 0.0770. The summed E-state index contributed by atoms with van der Waals surface area (Å²) >= 11 is 5.85. The van der Waals surface area contributed by atoms with E-state index in [1.807, 2.05) is 17.9 Å². The first-order chi connectivity index (χ1) is 10.1. The van der Waals surface area contributed by atoms with Crippen LogP contribution in [0.5, 0.6) is 0 Å². The highest BCUT2D eigenvalue weighted by molar-refractivity contribution is 6.28. The highest BCUT2D eigenvalue weighted by atomic mass is 35.5. The number of carbonyl (C=O) groups is 1. The Morgan fingerprint density at radius 2 is 2.19 bits per heavy atom. The van der Waals surface area contributed by atoms with Gasteiger partial charge in [0.05, 0.1) is 0 Å². The number of anilines is 1. The Morgan fingerprint density at radius 3 is 2.81 bits per heavy atom. The van der Waals surface area contributed by atoms with Crippen molar-refractivity contribution < 1.29 is 4.79 Å². The molecule has 2 aliphatic rings. The number of hydrogen-bond donors (Lipinski definition) is 0. The average molecular weight is 306 g/mol. The van der Waals surface area contributed by atoms with E-state index < -0.39 is 0 Å². The molecule has 0 N–H and O–H groups in total. The van der Waals surface area contributed by atoms with Crippen molar-refractivity contribution in [2.75, 3.05) is 24.5 Å². The predicted octanol–water partition coefficient (Wildman–Crippen LogP) is 1.45. The summed E-state index contributed by atoms with van der Waals surface area (Å²) in [5.74, 6) is 1.18. The quantitative estimate of drug-likeness (QED) is 0.773. The number of nitrogens with zero attached hydrogens (tertiary/aromatic N) is 5. The molecule has 0 radical (unpaired) electrons. The molecular weight excluding hydrogens is 290 g/mol. The van der Waals surface area contributed by atoms with E-state index in [1.165, 1.54) is 0 Å². The highest BCUT2D eigenvalue weighted by Gasteiger charge is 2.37. The van der Waals surface area contributed by atoms with Crippen LogP contribution in [0.4, 0.5) is 5.82 Å². The number of amides is 1. The molecule has 0 aromatic carbocycles. The average Bonchev–Trinajstić information content (AvgIpc) is 3.30. The van der Waals surface area contributed by atoms with Crippen LogP contribution in [0.25, 0.3) is 0 Å². The van der Waals surface area contributed by atoms with Gasteiger partial charge in [-0.1, -0.05) is 0 Å². The fourth-order valence-electron chi connectivity index (χ4n) is 2.68. The molecule has 0 unspecified atom stereocenters. The fraction of sp³-hybridized carbons (Fsp3) is 0.571. The van der Waals surface area contributed by atoms with E-state index >= 15 is 0 Å². The Balaban J connectivity index is 1.73. The largest absolute Gasteiger partial charge is 0.353 e. The third kappa shape index (κ3) is 2.93. The van der Waals surface area contributed by atoms with Gasteiger partial charge in [-0.3, -0.25) is 4.79 Å². The number of nitriles is 1. The zero-order valence-corrected chi connectivity index (χ0v) is 12.5. The van der Waals surface area contributed by atoms with Crippen LogP contribution >= 0.6 is 11.6 Å². The number of rotatable bonds is 2.